The van der Waals surface area contributed by atoms with Gasteiger partial charge in [0.15, 0.2) is 0 Å². The molecule has 1 aromatic carbocycles. The number of halogens is 4. The number of nitrogens with one attached hydrogen (secondary N) is 1. The van der Waals surface area contributed by atoms with Crippen molar-refractivity contribution in [1.82, 2.24) is 19.6 Å². The van der Waals surface area contributed by atoms with Crippen molar-refractivity contribution >= 4 is 29.0 Å². The molecule has 0 aliphatic heterocycles. The maximum atomic E-state index is 12.9. The Morgan fingerprint density at radius 2 is 2.04 bits per heavy atom. The van der Waals surface area contributed by atoms with Gasteiger partial charge in [0.1, 0.15) is 6.33 Å². The first-order valence-electron chi connectivity index (χ1n) is 7.49. The molecule has 0 aliphatic carbocycles. The summed E-state index contributed by atoms with van der Waals surface area (Å²) in [6, 6.07) is 3.21. The molecular formula is C16H13ClF3N5O. The Hall–Kier alpha value is -2.68. The molecule has 2 aromatic heterocycles. The molecule has 0 bridgehead atoms. The Bertz CT molecular complexity index is 999. The minimum Gasteiger partial charge on any atom is -0.326 e. The number of benzene rings is 1. The molecule has 0 spiro atoms. The van der Waals surface area contributed by atoms with Crippen LogP contribution in [0.3, 0.4) is 0 Å². The number of anilines is 1. The molecule has 0 radical (unpaired) electrons. The lowest BCUT2D eigenvalue weighted by atomic mass is 10.1. The quantitative estimate of drug-likeness (QED) is 0.750. The average Bonchev–Trinajstić information content (AvgIpc) is 3.00. The number of hydrogen-bond donors (Lipinski definition) is 1. The van der Waals surface area contributed by atoms with Crippen LogP contribution in [0.15, 0.2) is 24.5 Å². The molecule has 2 heterocycles. The van der Waals surface area contributed by atoms with Crippen molar-refractivity contribution in [1.29, 1.82) is 0 Å². The smallest absolute Gasteiger partial charge is 0.326 e. The number of alkyl halides is 3. The number of nitrogens with zero attached hydrogens (tertiary/aromatic N) is 4. The average molecular weight is 384 g/mol. The van der Waals surface area contributed by atoms with E-state index in [9.17, 15) is 18.0 Å². The monoisotopic (exact) mass is 383 g/mol. The number of rotatable bonds is 3. The van der Waals surface area contributed by atoms with Crippen molar-refractivity contribution in [2.24, 2.45) is 0 Å². The second kappa shape index (κ2) is 6.56. The van der Waals surface area contributed by atoms with E-state index in [4.69, 9.17) is 11.6 Å². The van der Waals surface area contributed by atoms with Crippen LogP contribution in [0.4, 0.5) is 18.9 Å². The summed E-state index contributed by atoms with van der Waals surface area (Å²) in [5.41, 5.74) is 0.926. The minimum absolute atomic E-state index is 0.0109. The zero-order valence-corrected chi connectivity index (χ0v) is 14.5. The summed E-state index contributed by atoms with van der Waals surface area (Å²) in [6.45, 7) is 3.50. The lowest BCUT2D eigenvalue weighted by Gasteiger charge is -2.13. The van der Waals surface area contributed by atoms with Crippen molar-refractivity contribution in [3.63, 3.8) is 0 Å². The summed E-state index contributed by atoms with van der Waals surface area (Å²) >= 11 is 5.58. The summed E-state index contributed by atoms with van der Waals surface area (Å²) < 4.78 is 40.2. The topological polar surface area (TPSA) is 72.2 Å². The number of aryl methyl sites for hydroxylation is 2. The lowest BCUT2D eigenvalue weighted by molar-refractivity contribution is -0.137. The predicted molar refractivity (Wildman–Crippen MR) is 89.0 cm³/mol. The summed E-state index contributed by atoms with van der Waals surface area (Å²) in [5, 5.41) is 6.06. The second-order valence-electron chi connectivity index (χ2n) is 5.65. The van der Waals surface area contributed by atoms with Crippen molar-refractivity contribution in [3.8, 4) is 0 Å². The molecule has 0 aliphatic rings. The van der Waals surface area contributed by atoms with Crippen LogP contribution in [-0.2, 0) is 17.4 Å². The van der Waals surface area contributed by atoms with Gasteiger partial charge in [-0.05, 0) is 32.0 Å². The molecule has 26 heavy (non-hydrogen) atoms. The van der Waals surface area contributed by atoms with Crippen LogP contribution < -0.4 is 5.32 Å². The molecule has 136 valence electrons. The van der Waals surface area contributed by atoms with Gasteiger partial charge in [0.25, 0.3) is 5.78 Å². The fourth-order valence-corrected chi connectivity index (χ4v) is 2.82. The highest BCUT2D eigenvalue weighted by Gasteiger charge is 2.33. The van der Waals surface area contributed by atoms with E-state index in [0.29, 0.717) is 22.7 Å². The third kappa shape index (κ3) is 3.48. The van der Waals surface area contributed by atoms with Crippen LogP contribution in [-0.4, -0.2) is 25.5 Å². The van der Waals surface area contributed by atoms with Gasteiger partial charge >= 0.3 is 6.18 Å². The van der Waals surface area contributed by atoms with E-state index in [-0.39, 0.29) is 12.1 Å². The summed E-state index contributed by atoms with van der Waals surface area (Å²) in [4.78, 5) is 20.6. The number of fused-ring (bicyclic) bond motifs is 1. The third-order valence-electron chi connectivity index (χ3n) is 3.88. The fraction of sp³-hybridized carbons (Fsp3) is 0.250. The van der Waals surface area contributed by atoms with Gasteiger partial charge in [-0.15, -0.1) is 0 Å². The zero-order chi connectivity index (χ0) is 19.1. The highest BCUT2D eigenvalue weighted by molar-refractivity contribution is 6.31. The highest BCUT2D eigenvalue weighted by atomic mass is 35.5. The number of hydrogen-bond acceptors (Lipinski definition) is 4. The van der Waals surface area contributed by atoms with Crippen LogP contribution in [0.2, 0.25) is 5.02 Å². The fourth-order valence-electron chi connectivity index (χ4n) is 2.60. The van der Waals surface area contributed by atoms with Crippen molar-refractivity contribution in [2.75, 3.05) is 5.32 Å². The molecular weight excluding hydrogens is 371 g/mol. The van der Waals surface area contributed by atoms with Crippen LogP contribution in [0.1, 0.15) is 22.5 Å². The van der Waals surface area contributed by atoms with Gasteiger partial charge < -0.3 is 5.32 Å². The number of amides is 1. The number of carbonyl (C=O) groups excluding carboxylic acids is 1. The minimum atomic E-state index is -4.60. The van der Waals surface area contributed by atoms with Gasteiger partial charge in [-0.2, -0.15) is 23.3 Å². The lowest BCUT2D eigenvalue weighted by Crippen LogP contribution is -2.18. The molecule has 6 nitrogen and oxygen atoms in total. The Labute approximate surface area is 151 Å². The Morgan fingerprint density at radius 1 is 1.31 bits per heavy atom. The van der Waals surface area contributed by atoms with Crippen molar-refractivity contribution < 1.29 is 18.0 Å². The predicted octanol–water partition coefficient (Wildman–Crippen LogP) is 3.59. The Morgan fingerprint density at radius 3 is 2.73 bits per heavy atom. The molecule has 1 amide bonds. The van der Waals surface area contributed by atoms with Gasteiger partial charge in [0, 0.05) is 22.6 Å². The second-order valence-corrected chi connectivity index (χ2v) is 6.06. The molecule has 10 heteroatoms. The van der Waals surface area contributed by atoms with Gasteiger partial charge in [0.05, 0.1) is 17.0 Å². The zero-order valence-electron chi connectivity index (χ0n) is 13.7. The van der Waals surface area contributed by atoms with E-state index in [0.717, 1.165) is 12.1 Å². The molecule has 1 N–H and O–H groups in total. The first kappa shape index (κ1) is 18.1. The number of carbonyl (C=O) groups is 1. The van der Waals surface area contributed by atoms with E-state index >= 15 is 0 Å². The van der Waals surface area contributed by atoms with E-state index < -0.39 is 22.7 Å². The van der Waals surface area contributed by atoms with E-state index in [1.165, 1.54) is 16.9 Å². The maximum absolute atomic E-state index is 12.9. The summed E-state index contributed by atoms with van der Waals surface area (Å²) in [5.74, 6) is -0.0652. The molecule has 3 aromatic rings. The first-order valence-corrected chi connectivity index (χ1v) is 7.87. The molecule has 0 atom stereocenters. The first-order chi connectivity index (χ1) is 12.2. The van der Waals surface area contributed by atoms with Crippen LogP contribution in [0.5, 0.6) is 0 Å². The van der Waals surface area contributed by atoms with Crippen molar-refractivity contribution in [2.45, 2.75) is 26.4 Å². The Balaban J connectivity index is 1.84. The standard InChI is InChI=1S/C16H13ClF3N5O/c1-8-11(9(2)25-15(23-8)21-7-22-25)6-14(26)24-10-3-4-13(17)12(5-10)16(18,19)20/h3-5,7H,6H2,1-2H3,(H,24,26). The molecule has 0 saturated heterocycles. The molecule has 0 fully saturated rings. The third-order valence-corrected chi connectivity index (χ3v) is 4.21. The Kier molecular flexibility index (Phi) is 4.57. The van der Waals surface area contributed by atoms with E-state index in [2.05, 4.69) is 20.4 Å². The van der Waals surface area contributed by atoms with Gasteiger partial charge in [-0.25, -0.2) is 9.50 Å². The summed E-state index contributed by atoms with van der Waals surface area (Å²) in [7, 11) is 0. The van der Waals surface area contributed by atoms with Gasteiger partial charge in [0.2, 0.25) is 5.91 Å². The van der Waals surface area contributed by atoms with Crippen molar-refractivity contribution in [3.05, 3.63) is 52.1 Å². The molecule has 0 saturated carbocycles. The molecule has 0 unspecified atom stereocenters. The normalized spacial score (nSPS) is 11.8. The van der Waals surface area contributed by atoms with Crippen LogP contribution in [0, 0.1) is 13.8 Å². The van der Waals surface area contributed by atoms with Gasteiger partial charge in [-0.1, -0.05) is 11.6 Å². The largest absolute Gasteiger partial charge is 0.417 e. The molecule has 3 rings (SSSR count). The van der Waals surface area contributed by atoms with Gasteiger partial charge in [-0.3, -0.25) is 4.79 Å². The SMILES string of the molecule is Cc1nc2ncnn2c(C)c1CC(=O)Nc1ccc(Cl)c(C(F)(F)F)c1. The van der Waals surface area contributed by atoms with Crippen LogP contribution in [0.25, 0.3) is 5.78 Å². The van der Waals surface area contributed by atoms with Crippen LogP contribution >= 0.6 is 11.6 Å². The maximum Gasteiger partial charge on any atom is 0.417 e. The summed E-state index contributed by atoms with van der Waals surface area (Å²) in [6.07, 6.45) is -3.32. The van der Waals surface area contributed by atoms with E-state index in [1.807, 2.05) is 0 Å². The number of aromatic nitrogens is 4. The highest BCUT2D eigenvalue weighted by Crippen LogP contribution is 2.36. The van der Waals surface area contributed by atoms with E-state index in [1.54, 1.807) is 13.8 Å².